The molecule has 0 bridgehead atoms. The average molecular weight is 279 g/mol. The number of carbonyl (C=O) groups excluding carboxylic acids is 3. The molecule has 0 spiro atoms. The van der Waals surface area contributed by atoms with Crippen molar-refractivity contribution >= 4 is 17.8 Å². The van der Waals surface area contributed by atoms with Crippen LogP contribution < -0.4 is 10.1 Å². The summed E-state index contributed by atoms with van der Waals surface area (Å²) in [6, 6.07) is 6.94. The number of rotatable bonds is 5. The molecule has 0 saturated heterocycles. The predicted molar refractivity (Wildman–Crippen MR) is 71.3 cm³/mol. The van der Waals surface area contributed by atoms with Crippen LogP contribution in [0.4, 0.5) is 4.79 Å². The summed E-state index contributed by atoms with van der Waals surface area (Å²) in [4.78, 5) is 34.7. The van der Waals surface area contributed by atoms with Crippen LogP contribution in [0.15, 0.2) is 30.3 Å². The van der Waals surface area contributed by atoms with Crippen molar-refractivity contribution in [1.29, 1.82) is 0 Å². The van der Waals surface area contributed by atoms with Crippen LogP contribution in [0.3, 0.4) is 0 Å². The summed E-state index contributed by atoms with van der Waals surface area (Å²) in [6.45, 7) is 4.49. The summed E-state index contributed by atoms with van der Waals surface area (Å²) in [6.07, 6.45) is -1.27. The Kier molecular flexibility index (Phi) is 5.71. The van der Waals surface area contributed by atoms with Crippen LogP contribution in [0.25, 0.3) is 0 Å². The van der Waals surface area contributed by atoms with E-state index in [1.807, 2.05) is 0 Å². The molecule has 6 nitrogen and oxygen atoms in total. The molecule has 0 aromatic heterocycles. The normalized spacial score (nSPS) is 11.6. The molecule has 0 aliphatic rings. The third-order valence-electron chi connectivity index (χ3n) is 2.21. The van der Waals surface area contributed by atoms with Crippen LogP contribution in [-0.2, 0) is 14.3 Å². The number of ketones is 1. The van der Waals surface area contributed by atoms with E-state index >= 15 is 0 Å². The van der Waals surface area contributed by atoms with Gasteiger partial charge in [0.25, 0.3) is 0 Å². The third-order valence-corrected chi connectivity index (χ3v) is 2.21. The lowest BCUT2D eigenvalue weighted by Gasteiger charge is -2.16. The van der Waals surface area contributed by atoms with E-state index in [0.717, 1.165) is 0 Å². The zero-order chi connectivity index (χ0) is 15.1. The second-order valence-electron chi connectivity index (χ2n) is 4.38. The van der Waals surface area contributed by atoms with E-state index in [1.54, 1.807) is 44.2 Å². The summed E-state index contributed by atoms with van der Waals surface area (Å²) in [7, 11) is 0. The van der Waals surface area contributed by atoms with E-state index in [4.69, 9.17) is 9.47 Å². The van der Waals surface area contributed by atoms with Gasteiger partial charge in [-0.05, 0) is 32.9 Å². The molecular weight excluding hydrogens is 262 g/mol. The summed E-state index contributed by atoms with van der Waals surface area (Å²) in [5, 5.41) is 2.18. The van der Waals surface area contributed by atoms with Crippen LogP contribution in [-0.4, -0.2) is 30.0 Å². The SMILES string of the molecule is CC(=O)C(NC(=O)Oc1ccccc1)C(=O)OC(C)C. The Hall–Kier alpha value is -2.37. The number of hydrogen-bond acceptors (Lipinski definition) is 5. The quantitative estimate of drug-likeness (QED) is 0.655. The molecule has 0 heterocycles. The fraction of sp³-hybridized carbons (Fsp3) is 0.357. The van der Waals surface area contributed by atoms with Crippen LogP contribution in [0, 0.1) is 0 Å². The molecule has 1 amide bonds. The largest absolute Gasteiger partial charge is 0.461 e. The molecule has 108 valence electrons. The second-order valence-corrected chi connectivity index (χ2v) is 4.38. The zero-order valence-electron chi connectivity index (χ0n) is 11.6. The van der Waals surface area contributed by atoms with Crippen molar-refractivity contribution < 1.29 is 23.9 Å². The molecule has 1 rings (SSSR count). The first-order valence-electron chi connectivity index (χ1n) is 6.14. The minimum absolute atomic E-state index is 0.310. The topological polar surface area (TPSA) is 81.7 Å². The first-order valence-corrected chi connectivity index (χ1v) is 6.14. The highest BCUT2D eigenvalue weighted by Crippen LogP contribution is 2.08. The van der Waals surface area contributed by atoms with E-state index in [9.17, 15) is 14.4 Å². The number of ether oxygens (including phenoxy) is 2. The van der Waals surface area contributed by atoms with Crippen molar-refractivity contribution in [2.45, 2.75) is 32.9 Å². The summed E-state index contributed by atoms with van der Waals surface area (Å²) in [5.74, 6) is -1.03. The van der Waals surface area contributed by atoms with Gasteiger partial charge in [0.2, 0.25) is 0 Å². The maximum Gasteiger partial charge on any atom is 0.413 e. The standard InChI is InChI=1S/C14H17NO5/c1-9(2)19-13(17)12(10(3)16)15-14(18)20-11-7-5-4-6-8-11/h4-9,12H,1-3H3,(H,15,18). The number of para-hydroxylation sites is 1. The van der Waals surface area contributed by atoms with Crippen molar-refractivity contribution in [1.82, 2.24) is 5.32 Å². The lowest BCUT2D eigenvalue weighted by Crippen LogP contribution is -2.48. The fourth-order valence-electron chi connectivity index (χ4n) is 1.37. The first-order chi connectivity index (χ1) is 9.40. The van der Waals surface area contributed by atoms with E-state index in [1.165, 1.54) is 6.92 Å². The molecule has 0 aliphatic heterocycles. The number of hydrogen-bond donors (Lipinski definition) is 1. The first kappa shape index (κ1) is 15.7. The number of esters is 1. The lowest BCUT2D eigenvalue weighted by molar-refractivity contribution is -0.151. The molecule has 0 fully saturated rings. The third kappa shape index (κ3) is 5.09. The van der Waals surface area contributed by atoms with Gasteiger partial charge in [0, 0.05) is 0 Å². The Morgan fingerprint density at radius 1 is 1.10 bits per heavy atom. The van der Waals surface area contributed by atoms with Crippen molar-refractivity contribution in [3.05, 3.63) is 30.3 Å². The van der Waals surface area contributed by atoms with Gasteiger partial charge in [0.1, 0.15) is 5.75 Å². The van der Waals surface area contributed by atoms with Gasteiger partial charge in [-0.15, -0.1) is 0 Å². The zero-order valence-corrected chi connectivity index (χ0v) is 11.6. The Morgan fingerprint density at radius 2 is 1.70 bits per heavy atom. The van der Waals surface area contributed by atoms with Crippen molar-refractivity contribution in [3.63, 3.8) is 0 Å². The monoisotopic (exact) mass is 279 g/mol. The van der Waals surface area contributed by atoms with Gasteiger partial charge in [0.15, 0.2) is 11.8 Å². The average Bonchev–Trinajstić information content (AvgIpc) is 2.35. The van der Waals surface area contributed by atoms with E-state index in [-0.39, 0.29) is 6.10 Å². The smallest absolute Gasteiger partial charge is 0.413 e. The van der Waals surface area contributed by atoms with E-state index in [0.29, 0.717) is 5.75 Å². The minimum Gasteiger partial charge on any atom is -0.461 e. The predicted octanol–water partition coefficient (Wildman–Crippen LogP) is 1.68. The van der Waals surface area contributed by atoms with Gasteiger partial charge >= 0.3 is 12.1 Å². The van der Waals surface area contributed by atoms with Crippen LogP contribution in [0.5, 0.6) is 5.75 Å². The molecule has 6 heteroatoms. The van der Waals surface area contributed by atoms with Crippen molar-refractivity contribution in [3.8, 4) is 5.75 Å². The van der Waals surface area contributed by atoms with Gasteiger partial charge in [-0.2, -0.15) is 0 Å². The molecule has 0 aliphatic carbocycles. The van der Waals surface area contributed by atoms with E-state index < -0.39 is 23.9 Å². The highest BCUT2D eigenvalue weighted by atomic mass is 16.6. The summed E-state index contributed by atoms with van der Waals surface area (Å²) in [5.41, 5.74) is 0. The maximum atomic E-state index is 11.7. The van der Waals surface area contributed by atoms with Crippen molar-refractivity contribution in [2.75, 3.05) is 0 Å². The number of nitrogens with one attached hydrogen (secondary N) is 1. The molecule has 1 atom stereocenters. The van der Waals surface area contributed by atoms with Crippen LogP contribution in [0.1, 0.15) is 20.8 Å². The molecular formula is C14H17NO5. The van der Waals surface area contributed by atoms with E-state index in [2.05, 4.69) is 5.32 Å². The minimum atomic E-state index is -1.37. The Bertz CT molecular complexity index is 484. The second kappa shape index (κ2) is 7.28. The number of benzene rings is 1. The van der Waals surface area contributed by atoms with Crippen LogP contribution >= 0.6 is 0 Å². The molecule has 1 aromatic carbocycles. The Balaban J connectivity index is 2.64. The summed E-state index contributed by atoms with van der Waals surface area (Å²) >= 11 is 0. The number of amides is 1. The molecule has 0 saturated carbocycles. The highest BCUT2D eigenvalue weighted by molar-refractivity contribution is 6.04. The van der Waals surface area contributed by atoms with Gasteiger partial charge in [-0.1, -0.05) is 18.2 Å². The van der Waals surface area contributed by atoms with Crippen molar-refractivity contribution in [2.24, 2.45) is 0 Å². The molecule has 20 heavy (non-hydrogen) atoms. The fourth-order valence-corrected chi connectivity index (χ4v) is 1.37. The Morgan fingerprint density at radius 3 is 2.20 bits per heavy atom. The molecule has 1 N–H and O–H groups in total. The van der Waals surface area contributed by atoms with Crippen LogP contribution in [0.2, 0.25) is 0 Å². The molecule has 1 aromatic rings. The van der Waals surface area contributed by atoms with Gasteiger partial charge in [0.05, 0.1) is 6.10 Å². The number of carbonyl (C=O) groups is 3. The van der Waals surface area contributed by atoms with Gasteiger partial charge in [-0.25, -0.2) is 9.59 Å². The maximum absolute atomic E-state index is 11.7. The number of Topliss-reactive ketones (excluding diaryl/α,β-unsaturated/α-hetero) is 1. The molecule has 0 radical (unpaired) electrons. The lowest BCUT2D eigenvalue weighted by atomic mass is 10.2. The Labute approximate surface area is 117 Å². The molecule has 1 unspecified atom stereocenters. The highest BCUT2D eigenvalue weighted by Gasteiger charge is 2.28. The van der Waals surface area contributed by atoms with Gasteiger partial charge < -0.3 is 14.8 Å². The summed E-state index contributed by atoms with van der Waals surface area (Å²) < 4.78 is 9.83. The van der Waals surface area contributed by atoms with Gasteiger partial charge in [-0.3, -0.25) is 4.79 Å².